The third kappa shape index (κ3) is 2.39. The smallest absolute Gasteiger partial charge is 0.166 e. The zero-order valence-corrected chi connectivity index (χ0v) is 11.5. The van der Waals surface area contributed by atoms with Crippen molar-refractivity contribution < 1.29 is 0 Å². The molecule has 0 amide bonds. The fourth-order valence-corrected chi connectivity index (χ4v) is 2.09. The molecule has 6 nitrogen and oxygen atoms in total. The van der Waals surface area contributed by atoms with Gasteiger partial charge in [0.15, 0.2) is 5.82 Å². The topological polar surface area (TPSA) is 74.5 Å². The minimum atomic E-state index is -0.167. The lowest BCUT2D eigenvalue weighted by Gasteiger charge is -2.02. The summed E-state index contributed by atoms with van der Waals surface area (Å²) in [7, 11) is 1.88. The molecule has 2 aromatic heterocycles. The SMILES string of the molecule is CCc1nn(C)c(Cn2cnc(C(C)N)n2)c1Cl. The van der Waals surface area contributed by atoms with Crippen LogP contribution >= 0.6 is 11.6 Å². The maximum Gasteiger partial charge on any atom is 0.166 e. The van der Waals surface area contributed by atoms with E-state index in [-0.39, 0.29) is 6.04 Å². The van der Waals surface area contributed by atoms with Crippen LogP contribution in [0.25, 0.3) is 0 Å². The molecule has 7 heteroatoms. The van der Waals surface area contributed by atoms with Gasteiger partial charge in [-0.15, -0.1) is 0 Å². The van der Waals surface area contributed by atoms with Gasteiger partial charge < -0.3 is 5.73 Å². The lowest BCUT2D eigenvalue weighted by Crippen LogP contribution is -2.10. The first kappa shape index (κ1) is 13.0. The summed E-state index contributed by atoms with van der Waals surface area (Å²) in [6, 6.07) is -0.167. The number of nitrogens with zero attached hydrogens (tertiary/aromatic N) is 5. The number of aromatic nitrogens is 5. The Morgan fingerprint density at radius 2 is 2.17 bits per heavy atom. The van der Waals surface area contributed by atoms with Crippen molar-refractivity contribution in [2.75, 3.05) is 0 Å². The van der Waals surface area contributed by atoms with Gasteiger partial charge in [-0.05, 0) is 13.3 Å². The second kappa shape index (κ2) is 5.07. The average Bonchev–Trinajstić information content (AvgIpc) is 2.89. The maximum absolute atomic E-state index is 6.28. The Labute approximate surface area is 111 Å². The Bertz CT molecular complexity index is 542. The highest BCUT2D eigenvalue weighted by atomic mass is 35.5. The van der Waals surface area contributed by atoms with Crippen LogP contribution in [0.15, 0.2) is 6.33 Å². The molecule has 2 aromatic rings. The number of nitrogens with two attached hydrogens (primary N) is 1. The zero-order chi connectivity index (χ0) is 13.3. The van der Waals surface area contributed by atoms with E-state index in [1.54, 1.807) is 15.7 Å². The highest BCUT2D eigenvalue weighted by Gasteiger charge is 2.14. The molecular weight excluding hydrogens is 252 g/mol. The normalized spacial score (nSPS) is 12.9. The van der Waals surface area contributed by atoms with Crippen LogP contribution in [0.3, 0.4) is 0 Å². The minimum Gasteiger partial charge on any atom is -0.321 e. The predicted octanol–water partition coefficient (Wildman–Crippen LogP) is 1.30. The van der Waals surface area contributed by atoms with E-state index < -0.39 is 0 Å². The fraction of sp³-hybridized carbons (Fsp3) is 0.545. The van der Waals surface area contributed by atoms with E-state index >= 15 is 0 Å². The summed E-state index contributed by atoms with van der Waals surface area (Å²) in [5.41, 5.74) is 7.55. The monoisotopic (exact) mass is 268 g/mol. The van der Waals surface area contributed by atoms with Gasteiger partial charge >= 0.3 is 0 Å². The Hall–Kier alpha value is -1.40. The highest BCUT2D eigenvalue weighted by Crippen LogP contribution is 2.21. The van der Waals surface area contributed by atoms with Crippen LogP contribution in [0.2, 0.25) is 5.02 Å². The molecule has 2 N–H and O–H groups in total. The predicted molar refractivity (Wildman–Crippen MR) is 69.3 cm³/mol. The third-order valence-electron chi connectivity index (χ3n) is 2.78. The summed E-state index contributed by atoms with van der Waals surface area (Å²) in [5.74, 6) is 0.629. The summed E-state index contributed by atoms with van der Waals surface area (Å²) in [5, 5.41) is 9.37. The molecule has 0 aliphatic rings. The molecule has 2 rings (SSSR count). The van der Waals surface area contributed by atoms with E-state index in [0.29, 0.717) is 17.4 Å². The van der Waals surface area contributed by atoms with Crippen molar-refractivity contribution in [1.82, 2.24) is 24.5 Å². The highest BCUT2D eigenvalue weighted by molar-refractivity contribution is 6.31. The minimum absolute atomic E-state index is 0.167. The van der Waals surface area contributed by atoms with Crippen molar-refractivity contribution >= 4 is 11.6 Å². The molecule has 0 aromatic carbocycles. The molecule has 0 saturated carbocycles. The van der Waals surface area contributed by atoms with Gasteiger partial charge in [0, 0.05) is 7.05 Å². The average molecular weight is 269 g/mol. The van der Waals surface area contributed by atoms with Crippen LogP contribution in [0.1, 0.15) is 37.1 Å². The maximum atomic E-state index is 6.28. The van der Waals surface area contributed by atoms with Gasteiger partial charge in [-0.2, -0.15) is 10.2 Å². The van der Waals surface area contributed by atoms with Crippen LogP contribution < -0.4 is 5.73 Å². The van der Waals surface area contributed by atoms with Gasteiger partial charge in [-0.3, -0.25) is 4.68 Å². The lowest BCUT2D eigenvalue weighted by molar-refractivity contribution is 0.603. The van der Waals surface area contributed by atoms with E-state index in [1.165, 1.54) is 0 Å². The Balaban J connectivity index is 2.25. The molecular formula is C11H17ClN6. The second-order valence-corrected chi connectivity index (χ2v) is 4.65. The summed E-state index contributed by atoms with van der Waals surface area (Å²) < 4.78 is 3.51. The quantitative estimate of drug-likeness (QED) is 0.907. The molecule has 0 saturated heterocycles. The summed E-state index contributed by atoms with van der Waals surface area (Å²) in [4.78, 5) is 4.15. The standard InChI is InChI=1S/C11H17ClN6/c1-4-8-10(12)9(17(3)15-8)5-18-6-14-11(16-18)7(2)13/h6-7H,4-5,13H2,1-3H3. The summed E-state index contributed by atoms with van der Waals surface area (Å²) in [6.07, 6.45) is 2.47. The van der Waals surface area contributed by atoms with Crippen molar-refractivity contribution in [2.45, 2.75) is 32.9 Å². The molecule has 0 bridgehead atoms. The van der Waals surface area contributed by atoms with Crippen LogP contribution in [0, 0.1) is 0 Å². The van der Waals surface area contributed by atoms with Gasteiger partial charge in [-0.25, -0.2) is 9.67 Å². The Morgan fingerprint density at radius 3 is 2.67 bits per heavy atom. The van der Waals surface area contributed by atoms with E-state index in [9.17, 15) is 0 Å². The number of halogens is 1. The van der Waals surface area contributed by atoms with Crippen LogP contribution in [-0.4, -0.2) is 24.5 Å². The molecule has 18 heavy (non-hydrogen) atoms. The van der Waals surface area contributed by atoms with Gasteiger partial charge in [0.05, 0.1) is 29.0 Å². The van der Waals surface area contributed by atoms with Crippen LogP contribution in [0.5, 0.6) is 0 Å². The van der Waals surface area contributed by atoms with E-state index in [0.717, 1.165) is 17.8 Å². The van der Waals surface area contributed by atoms with Crippen molar-refractivity contribution in [3.05, 3.63) is 28.6 Å². The first-order chi connectivity index (χ1) is 8.52. The number of aryl methyl sites for hydroxylation is 2. The number of hydrogen-bond donors (Lipinski definition) is 1. The van der Waals surface area contributed by atoms with Gasteiger partial charge in [-0.1, -0.05) is 18.5 Å². The summed E-state index contributed by atoms with van der Waals surface area (Å²) in [6.45, 7) is 4.43. The van der Waals surface area contributed by atoms with E-state index in [4.69, 9.17) is 17.3 Å². The molecule has 1 atom stereocenters. The first-order valence-electron chi connectivity index (χ1n) is 5.88. The molecule has 0 aliphatic heterocycles. The van der Waals surface area contributed by atoms with Gasteiger partial charge in [0.1, 0.15) is 6.33 Å². The molecule has 0 spiro atoms. The van der Waals surface area contributed by atoms with Gasteiger partial charge in [0.2, 0.25) is 0 Å². The molecule has 0 fully saturated rings. The first-order valence-corrected chi connectivity index (χ1v) is 6.25. The van der Waals surface area contributed by atoms with E-state index in [2.05, 4.69) is 15.2 Å². The molecule has 2 heterocycles. The largest absolute Gasteiger partial charge is 0.321 e. The Kier molecular flexibility index (Phi) is 3.68. The lowest BCUT2D eigenvalue weighted by atomic mass is 10.3. The van der Waals surface area contributed by atoms with Crippen molar-refractivity contribution in [3.8, 4) is 0 Å². The number of hydrogen-bond acceptors (Lipinski definition) is 4. The van der Waals surface area contributed by atoms with Crippen molar-refractivity contribution in [1.29, 1.82) is 0 Å². The molecule has 98 valence electrons. The molecule has 1 unspecified atom stereocenters. The molecule has 0 aliphatic carbocycles. The van der Waals surface area contributed by atoms with Crippen LogP contribution in [0.4, 0.5) is 0 Å². The fourth-order valence-electron chi connectivity index (χ4n) is 1.74. The third-order valence-corrected chi connectivity index (χ3v) is 3.21. The van der Waals surface area contributed by atoms with E-state index in [1.807, 2.05) is 20.9 Å². The second-order valence-electron chi connectivity index (χ2n) is 4.27. The number of rotatable bonds is 4. The van der Waals surface area contributed by atoms with Gasteiger partial charge in [0.25, 0.3) is 0 Å². The van der Waals surface area contributed by atoms with Crippen molar-refractivity contribution in [3.63, 3.8) is 0 Å². The molecule has 0 radical (unpaired) electrons. The van der Waals surface area contributed by atoms with Crippen molar-refractivity contribution in [2.24, 2.45) is 12.8 Å². The zero-order valence-electron chi connectivity index (χ0n) is 10.8. The summed E-state index contributed by atoms with van der Waals surface area (Å²) >= 11 is 6.28. The Morgan fingerprint density at radius 1 is 1.44 bits per heavy atom. The van der Waals surface area contributed by atoms with Crippen LogP contribution in [-0.2, 0) is 20.0 Å².